The highest BCUT2D eigenvalue weighted by Gasteiger charge is 2.51. The van der Waals surface area contributed by atoms with Crippen LogP contribution >= 0.6 is 0 Å². The molecule has 148 valence electrons. The molecule has 1 saturated heterocycles. The fourth-order valence-electron chi connectivity index (χ4n) is 4.14. The Bertz CT molecular complexity index is 1260. The highest BCUT2D eigenvalue weighted by molar-refractivity contribution is 6.62. The number of hydrogen-bond donors (Lipinski definition) is 0. The molecule has 5 rings (SSSR count). The van der Waals surface area contributed by atoms with E-state index in [1.807, 2.05) is 52.0 Å². The van der Waals surface area contributed by atoms with Crippen molar-refractivity contribution in [2.24, 2.45) is 0 Å². The second kappa shape index (κ2) is 6.47. The van der Waals surface area contributed by atoms with Crippen molar-refractivity contribution in [3.63, 3.8) is 0 Å². The van der Waals surface area contributed by atoms with Gasteiger partial charge >= 0.3 is 7.12 Å². The van der Waals surface area contributed by atoms with Crippen LogP contribution in [0.2, 0.25) is 0 Å². The average Bonchev–Trinajstić information content (AvgIpc) is 3.18. The number of nitrogens with zero attached hydrogens (tertiary/aromatic N) is 2. The minimum Gasteiger partial charge on any atom is -0.399 e. The molecule has 0 radical (unpaired) electrons. The van der Waals surface area contributed by atoms with Gasteiger partial charge in [0, 0.05) is 16.5 Å². The van der Waals surface area contributed by atoms with Gasteiger partial charge in [0.2, 0.25) is 0 Å². The zero-order chi connectivity index (χ0) is 21.1. The van der Waals surface area contributed by atoms with Crippen LogP contribution in [0.4, 0.5) is 0 Å². The van der Waals surface area contributed by atoms with E-state index in [4.69, 9.17) is 9.31 Å². The molecule has 1 fully saturated rings. The number of benzene rings is 3. The Morgan fingerprint density at radius 2 is 1.33 bits per heavy atom. The van der Waals surface area contributed by atoms with Crippen LogP contribution in [0.3, 0.4) is 0 Å². The van der Waals surface area contributed by atoms with Crippen LogP contribution in [0.25, 0.3) is 27.5 Å². The molecule has 30 heavy (non-hydrogen) atoms. The van der Waals surface area contributed by atoms with Crippen molar-refractivity contribution in [3.05, 3.63) is 72.3 Å². The van der Waals surface area contributed by atoms with Crippen molar-refractivity contribution >= 4 is 34.4 Å². The third-order valence-electron chi connectivity index (χ3n) is 6.43. The Labute approximate surface area is 176 Å². The maximum absolute atomic E-state index is 9.72. The van der Waals surface area contributed by atoms with Crippen LogP contribution in [0.15, 0.2) is 66.7 Å². The SMILES string of the molecule is CC1(C)OB(c2cc(C#N)cc(-n3c4ccccc4c4ccccc43)c2)OC1(C)C. The van der Waals surface area contributed by atoms with Crippen LogP contribution in [-0.4, -0.2) is 22.9 Å². The first kappa shape index (κ1) is 18.9. The van der Waals surface area contributed by atoms with Gasteiger partial charge in [-0.05, 0) is 63.5 Å². The van der Waals surface area contributed by atoms with Gasteiger partial charge in [-0.25, -0.2) is 0 Å². The van der Waals surface area contributed by atoms with E-state index in [0.29, 0.717) is 5.56 Å². The summed E-state index contributed by atoms with van der Waals surface area (Å²) >= 11 is 0. The summed E-state index contributed by atoms with van der Waals surface area (Å²) in [6.45, 7) is 8.15. The number of rotatable bonds is 2. The first-order chi connectivity index (χ1) is 14.3. The Balaban J connectivity index is 1.74. The molecule has 1 aliphatic heterocycles. The Morgan fingerprint density at radius 3 is 1.87 bits per heavy atom. The van der Waals surface area contributed by atoms with E-state index in [-0.39, 0.29) is 0 Å². The molecule has 1 aromatic heterocycles. The standard InChI is InChI=1S/C25H23BN2O2/c1-24(2)25(3,4)30-26(29-24)18-13-17(16-27)14-19(15-18)28-22-11-7-5-9-20(22)21-10-6-8-12-23(21)28/h5-15H,1-4H3. The average molecular weight is 394 g/mol. The molecule has 0 saturated carbocycles. The first-order valence-electron chi connectivity index (χ1n) is 10.2. The molecule has 1 aliphatic rings. The molecule has 0 spiro atoms. The molecule has 0 bridgehead atoms. The molecule has 0 N–H and O–H groups in total. The lowest BCUT2D eigenvalue weighted by atomic mass is 9.78. The predicted octanol–water partition coefficient (Wildman–Crippen LogP) is 4.95. The van der Waals surface area contributed by atoms with Gasteiger partial charge in [0.15, 0.2) is 0 Å². The minimum absolute atomic E-state index is 0.437. The number of nitriles is 1. The summed E-state index contributed by atoms with van der Waals surface area (Å²) in [7, 11) is -0.518. The molecule has 4 nitrogen and oxygen atoms in total. The van der Waals surface area contributed by atoms with Gasteiger partial charge in [0.25, 0.3) is 0 Å². The van der Waals surface area contributed by atoms with E-state index in [0.717, 1.165) is 22.2 Å². The second-order valence-corrected chi connectivity index (χ2v) is 8.88. The first-order valence-corrected chi connectivity index (χ1v) is 10.2. The molecular weight excluding hydrogens is 371 g/mol. The van der Waals surface area contributed by atoms with E-state index in [1.54, 1.807) is 0 Å². The van der Waals surface area contributed by atoms with E-state index in [1.165, 1.54) is 10.8 Å². The monoisotopic (exact) mass is 394 g/mol. The van der Waals surface area contributed by atoms with Gasteiger partial charge in [-0.1, -0.05) is 36.4 Å². The summed E-state index contributed by atoms with van der Waals surface area (Å²) in [6, 6.07) is 24.9. The molecule has 0 atom stereocenters. The van der Waals surface area contributed by atoms with Crippen molar-refractivity contribution < 1.29 is 9.31 Å². The summed E-state index contributed by atoms with van der Waals surface area (Å²) in [4.78, 5) is 0. The molecule has 0 amide bonds. The highest BCUT2D eigenvalue weighted by atomic mass is 16.7. The van der Waals surface area contributed by atoms with Crippen LogP contribution < -0.4 is 5.46 Å². The van der Waals surface area contributed by atoms with Gasteiger partial charge < -0.3 is 13.9 Å². The summed E-state index contributed by atoms with van der Waals surface area (Å²) in [5.41, 5.74) is 3.70. The molecule has 0 aliphatic carbocycles. The maximum Gasteiger partial charge on any atom is 0.494 e. The largest absolute Gasteiger partial charge is 0.494 e. The lowest BCUT2D eigenvalue weighted by Gasteiger charge is -2.32. The zero-order valence-electron chi connectivity index (χ0n) is 17.6. The van der Waals surface area contributed by atoms with Crippen molar-refractivity contribution in [2.45, 2.75) is 38.9 Å². The zero-order valence-corrected chi connectivity index (χ0v) is 17.6. The normalized spacial score (nSPS) is 17.5. The fourth-order valence-corrected chi connectivity index (χ4v) is 4.14. The van der Waals surface area contributed by atoms with E-state index in [2.05, 4.69) is 53.1 Å². The quantitative estimate of drug-likeness (QED) is 0.452. The van der Waals surface area contributed by atoms with Gasteiger partial charge in [0.1, 0.15) is 0 Å². The van der Waals surface area contributed by atoms with Crippen molar-refractivity contribution in [1.82, 2.24) is 4.57 Å². The van der Waals surface area contributed by atoms with Crippen molar-refractivity contribution in [3.8, 4) is 11.8 Å². The predicted molar refractivity (Wildman–Crippen MR) is 121 cm³/mol. The Morgan fingerprint density at radius 1 is 0.800 bits per heavy atom. The van der Waals surface area contributed by atoms with Gasteiger partial charge in [0.05, 0.1) is 33.9 Å². The highest BCUT2D eigenvalue weighted by Crippen LogP contribution is 2.37. The molecule has 2 heterocycles. The summed E-state index contributed by atoms with van der Waals surface area (Å²) in [5.74, 6) is 0. The van der Waals surface area contributed by atoms with Gasteiger partial charge in [-0.2, -0.15) is 5.26 Å². The van der Waals surface area contributed by atoms with Gasteiger partial charge in [-0.3, -0.25) is 0 Å². The molecule has 3 aromatic carbocycles. The van der Waals surface area contributed by atoms with Crippen LogP contribution in [0.1, 0.15) is 33.3 Å². The number of fused-ring (bicyclic) bond motifs is 3. The molecule has 5 heteroatoms. The summed E-state index contributed by atoms with van der Waals surface area (Å²) in [6.07, 6.45) is 0. The second-order valence-electron chi connectivity index (χ2n) is 8.88. The molecule has 0 unspecified atom stereocenters. The van der Waals surface area contributed by atoms with Crippen LogP contribution in [-0.2, 0) is 9.31 Å². The third-order valence-corrected chi connectivity index (χ3v) is 6.43. The van der Waals surface area contributed by atoms with Gasteiger partial charge in [-0.15, -0.1) is 0 Å². The summed E-state index contributed by atoms with van der Waals surface area (Å²) in [5, 5.41) is 12.1. The number of para-hydroxylation sites is 2. The third kappa shape index (κ3) is 2.76. The smallest absolute Gasteiger partial charge is 0.399 e. The fraction of sp³-hybridized carbons (Fsp3) is 0.240. The van der Waals surface area contributed by atoms with E-state index >= 15 is 0 Å². The van der Waals surface area contributed by atoms with Crippen LogP contribution in [0, 0.1) is 11.3 Å². The molecule has 4 aromatic rings. The topological polar surface area (TPSA) is 47.2 Å². The number of hydrogen-bond acceptors (Lipinski definition) is 3. The summed E-state index contributed by atoms with van der Waals surface area (Å²) < 4.78 is 14.7. The molecular formula is C25H23BN2O2. The lowest BCUT2D eigenvalue weighted by molar-refractivity contribution is 0.00578. The van der Waals surface area contributed by atoms with E-state index in [9.17, 15) is 5.26 Å². The minimum atomic E-state index is -0.518. The lowest BCUT2D eigenvalue weighted by Crippen LogP contribution is -2.41. The van der Waals surface area contributed by atoms with Crippen LogP contribution in [0.5, 0.6) is 0 Å². The van der Waals surface area contributed by atoms with E-state index < -0.39 is 18.3 Å². The number of aromatic nitrogens is 1. The Hall–Kier alpha value is -3.07. The maximum atomic E-state index is 9.72. The van der Waals surface area contributed by atoms with Crippen molar-refractivity contribution in [2.75, 3.05) is 0 Å². The Kier molecular flexibility index (Phi) is 4.08. The van der Waals surface area contributed by atoms with Crippen molar-refractivity contribution in [1.29, 1.82) is 5.26 Å².